The lowest BCUT2D eigenvalue weighted by Gasteiger charge is -2.50. The highest BCUT2D eigenvalue weighted by Crippen LogP contribution is 2.53. The van der Waals surface area contributed by atoms with Crippen molar-refractivity contribution in [2.45, 2.75) is 62.4 Å². The highest BCUT2D eigenvalue weighted by Gasteiger charge is 2.64. The molecule has 0 bridgehead atoms. The summed E-state index contributed by atoms with van der Waals surface area (Å²) < 4.78 is 46.4. The number of phenolic OH excluding ortho intramolecular Hbond substituents is 1. The van der Waals surface area contributed by atoms with Crippen LogP contribution < -0.4 is 11.1 Å². The number of aromatic hydroxyl groups is 1. The molecule has 5 unspecified atom stereocenters. The molecule has 0 radical (unpaired) electrons. The molecule has 7 N–H and O–H groups in total. The molecule has 1 saturated carbocycles. The number of carbonyl (C=O) groups excluding carboxylic acids is 3. The van der Waals surface area contributed by atoms with E-state index in [1.165, 1.54) is 0 Å². The zero-order valence-corrected chi connectivity index (χ0v) is 21.4. The van der Waals surface area contributed by atoms with Gasteiger partial charge in [0, 0.05) is 30.7 Å². The molecule has 3 aliphatic carbocycles. The second kappa shape index (κ2) is 9.60. The SMILES string of the molecule is CC(c1ccc(O)c2c1CC1CC3C(NC4CCOCC4)C(=O)C(C(N)=O)=C(O)C3(O)C(=O)C1=C2O)C(F)(F)F. The van der Waals surface area contributed by atoms with Crippen LogP contribution in [0.25, 0.3) is 5.76 Å². The topological polar surface area (TPSA) is 179 Å². The Labute approximate surface area is 226 Å². The molecule has 0 spiro atoms. The molecule has 13 heteroatoms. The number of fused-ring (bicyclic) bond motifs is 3. The number of hydrogen-bond acceptors (Lipinski definition) is 9. The number of carbonyl (C=O) groups is 3. The Morgan fingerprint density at radius 2 is 1.82 bits per heavy atom. The van der Waals surface area contributed by atoms with E-state index in [0.29, 0.717) is 26.1 Å². The number of rotatable bonds is 4. The summed E-state index contributed by atoms with van der Waals surface area (Å²) in [5.41, 5.74) is 0.556. The molecular weight excluding hydrogens is 537 g/mol. The van der Waals surface area contributed by atoms with Crippen LogP contribution in [0.5, 0.6) is 5.75 Å². The van der Waals surface area contributed by atoms with Crippen molar-refractivity contribution in [2.24, 2.45) is 17.6 Å². The predicted octanol–water partition coefficient (Wildman–Crippen LogP) is 1.84. The lowest BCUT2D eigenvalue weighted by atomic mass is 9.57. The number of ether oxygens (including phenoxy) is 1. The van der Waals surface area contributed by atoms with E-state index in [2.05, 4.69) is 5.32 Å². The molecule has 0 aromatic heterocycles. The number of alkyl halides is 3. The van der Waals surface area contributed by atoms with Gasteiger partial charge < -0.3 is 36.2 Å². The quantitative estimate of drug-likeness (QED) is 0.297. The summed E-state index contributed by atoms with van der Waals surface area (Å²) in [6, 6.07) is 0.441. The zero-order chi connectivity index (χ0) is 29.3. The summed E-state index contributed by atoms with van der Waals surface area (Å²) in [6.07, 6.45) is -4.12. The third kappa shape index (κ3) is 4.10. The lowest BCUT2D eigenvalue weighted by Crippen LogP contribution is -2.67. The molecule has 5 atom stereocenters. The summed E-state index contributed by atoms with van der Waals surface area (Å²) in [6.45, 7) is 1.69. The molecule has 4 aliphatic rings. The van der Waals surface area contributed by atoms with Crippen LogP contribution in [-0.2, 0) is 25.5 Å². The van der Waals surface area contributed by atoms with Crippen LogP contribution >= 0.6 is 0 Å². The maximum atomic E-state index is 13.9. The van der Waals surface area contributed by atoms with Crippen LogP contribution in [-0.4, -0.2) is 75.0 Å². The number of aliphatic hydroxyl groups is 3. The molecule has 1 amide bonds. The van der Waals surface area contributed by atoms with Crippen molar-refractivity contribution in [1.82, 2.24) is 5.32 Å². The van der Waals surface area contributed by atoms with Gasteiger partial charge in [0.1, 0.15) is 22.8 Å². The van der Waals surface area contributed by atoms with E-state index in [9.17, 15) is 48.0 Å². The summed E-state index contributed by atoms with van der Waals surface area (Å²) >= 11 is 0. The van der Waals surface area contributed by atoms with E-state index in [1.54, 1.807) is 0 Å². The molecule has 216 valence electrons. The summed E-state index contributed by atoms with van der Waals surface area (Å²) in [5, 5.41) is 47.5. The fraction of sp³-hybridized carbons (Fsp3) is 0.519. The van der Waals surface area contributed by atoms with Gasteiger partial charge in [-0.1, -0.05) is 6.07 Å². The minimum atomic E-state index is -4.64. The van der Waals surface area contributed by atoms with Gasteiger partial charge in [-0.2, -0.15) is 13.2 Å². The zero-order valence-electron chi connectivity index (χ0n) is 21.4. The highest BCUT2D eigenvalue weighted by molar-refractivity contribution is 6.24. The van der Waals surface area contributed by atoms with Crippen molar-refractivity contribution in [2.75, 3.05) is 13.2 Å². The van der Waals surface area contributed by atoms with Gasteiger partial charge in [-0.05, 0) is 55.7 Å². The molecule has 1 saturated heterocycles. The number of amides is 1. The second-order valence-corrected chi connectivity index (χ2v) is 10.9. The van der Waals surface area contributed by atoms with Gasteiger partial charge in [0.25, 0.3) is 5.91 Å². The minimum Gasteiger partial charge on any atom is -0.508 e. The molecule has 1 aliphatic heterocycles. The van der Waals surface area contributed by atoms with Crippen molar-refractivity contribution < 1.29 is 52.7 Å². The Bertz CT molecular complexity index is 1360. The molecule has 40 heavy (non-hydrogen) atoms. The first-order valence-corrected chi connectivity index (χ1v) is 12.9. The van der Waals surface area contributed by atoms with Gasteiger partial charge in [-0.15, -0.1) is 0 Å². The summed E-state index contributed by atoms with van der Waals surface area (Å²) in [4.78, 5) is 39.5. The first kappa shape index (κ1) is 28.1. The number of nitrogens with one attached hydrogen (secondary N) is 1. The van der Waals surface area contributed by atoms with Crippen molar-refractivity contribution in [1.29, 1.82) is 0 Å². The van der Waals surface area contributed by atoms with E-state index in [1.807, 2.05) is 0 Å². The van der Waals surface area contributed by atoms with Crippen molar-refractivity contribution in [3.8, 4) is 5.75 Å². The average Bonchev–Trinajstić information content (AvgIpc) is 2.88. The van der Waals surface area contributed by atoms with Gasteiger partial charge in [0.2, 0.25) is 5.78 Å². The van der Waals surface area contributed by atoms with Gasteiger partial charge in [-0.25, -0.2) is 0 Å². The number of nitrogens with two attached hydrogens (primary N) is 1. The van der Waals surface area contributed by atoms with Gasteiger partial charge in [0.15, 0.2) is 11.4 Å². The number of phenols is 1. The Balaban J connectivity index is 1.67. The van der Waals surface area contributed by atoms with Crippen molar-refractivity contribution in [3.05, 3.63) is 45.7 Å². The smallest absolute Gasteiger partial charge is 0.395 e. The van der Waals surface area contributed by atoms with Gasteiger partial charge in [-0.3, -0.25) is 14.4 Å². The van der Waals surface area contributed by atoms with Crippen LogP contribution in [0.15, 0.2) is 29.0 Å². The molecule has 1 heterocycles. The Morgan fingerprint density at radius 3 is 2.42 bits per heavy atom. The number of ketones is 2. The van der Waals surface area contributed by atoms with Gasteiger partial charge >= 0.3 is 6.18 Å². The third-order valence-electron chi connectivity index (χ3n) is 8.71. The number of aliphatic hydroxyl groups excluding tert-OH is 2. The lowest BCUT2D eigenvalue weighted by molar-refractivity contribution is -0.151. The monoisotopic (exact) mass is 566 g/mol. The standard InChI is InChI=1S/C27H29F3N2O8/c1-10(27(28,29)30)13-2-3-16(33)18-14(13)8-11-9-15-20(32-12-4-6-40-7-5-12)22(35)19(25(31)38)24(37)26(15,39)23(36)17(11)21(18)34/h2-3,10-12,15,20,32-34,37,39H,4-9H2,1H3,(H2,31,38). The van der Waals surface area contributed by atoms with E-state index in [0.717, 1.165) is 19.1 Å². The number of primary amides is 1. The van der Waals surface area contributed by atoms with E-state index < -0.39 is 81.5 Å². The van der Waals surface area contributed by atoms with E-state index >= 15 is 0 Å². The van der Waals surface area contributed by atoms with Crippen molar-refractivity contribution in [3.63, 3.8) is 0 Å². The molecule has 5 rings (SSSR count). The molecular formula is C27H29F3N2O8. The number of Topliss-reactive ketones (excluding diaryl/α,β-unsaturated/α-hetero) is 2. The maximum Gasteiger partial charge on any atom is 0.395 e. The van der Waals surface area contributed by atoms with Crippen LogP contribution in [0.2, 0.25) is 0 Å². The van der Waals surface area contributed by atoms with Crippen LogP contribution in [0.3, 0.4) is 0 Å². The largest absolute Gasteiger partial charge is 0.508 e. The first-order chi connectivity index (χ1) is 18.7. The fourth-order valence-corrected chi connectivity index (χ4v) is 6.59. The predicted molar refractivity (Wildman–Crippen MR) is 132 cm³/mol. The molecule has 1 aromatic carbocycles. The van der Waals surface area contributed by atoms with Crippen LogP contribution in [0.4, 0.5) is 13.2 Å². The summed E-state index contributed by atoms with van der Waals surface area (Å²) in [7, 11) is 0. The third-order valence-corrected chi connectivity index (χ3v) is 8.71. The summed E-state index contributed by atoms with van der Waals surface area (Å²) in [5.74, 6) is -10.4. The fourth-order valence-electron chi connectivity index (χ4n) is 6.59. The van der Waals surface area contributed by atoms with E-state index in [-0.39, 0.29) is 35.6 Å². The Kier molecular flexibility index (Phi) is 6.75. The average molecular weight is 567 g/mol. The Morgan fingerprint density at radius 1 is 1.18 bits per heavy atom. The highest BCUT2D eigenvalue weighted by atomic mass is 19.4. The van der Waals surface area contributed by atoms with Crippen LogP contribution in [0.1, 0.15) is 48.8 Å². The number of hydrogen-bond donors (Lipinski definition) is 6. The molecule has 10 nitrogen and oxygen atoms in total. The second-order valence-electron chi connectivity index (χ2n) is 10.9. The first-order valence-electron chi connectivity index (χ1n) is 12.9. The normalized spacial score (nSPS) is 30.1. The van der Waals surface area contributed by atoms with Crippen molar-refractivity contribution >= 4 is 23.2 Å². The molecule has 1 aromatic rings. The Hall–Kier alpha value is -3.42. The van der Waals surface area contributed by atoms with E-state index in [4.69, 9.17) is 10.5 Å². The molecule has 2 fully saturated rings. The minimum absolute atomic E-state index is 0.0111. The maximum absolute atomic E-state index is 13.9. The number of halogens is 3. The number of benzene rings is 1. The van der Waals surface area contributed by atoms with Gasteiger partial charge in [0.05, 0.1) is 17.5 Å². The van der Waals surface area contributed by atoms with Crippen LogP contribution in [0, 0.1) is 11.8 Å².